The molecule has 5 heteroatoms. The summed E-state index contributed by atoms with van der Waals surface area (Å²) in [5, 5.41) is 3.57. The fraction of sp³-hybridized carbons (Fsp3) is 0.357. The van der Waals surface area contributed by atoms with Gasteiger partial charge >= 0.3 is 0 Å². The van der Waals surface area contributed by atoms with Crippen molar-refractivity contribution in [2.75, 3.05) is 0 Å². The molecule has 2 aromatic rings. The molecule has 0 aliphatic carbocycles. The lowest BCUT2D eigenvalue weighted by molar-refractivity contribution is 0.0916. The van der Waals surface area contributed by atoms with Crippen molar-refractivity contribution in [1.29, 1.82) is 0 Å². The molecule has 0 radical (unpaired) electrons. The summed E-state index contributed by atoms with van der Waals surface area (Å²) in [6.45, 7) is 5.58. The molecule has 2 nitrogen and oxygen atoms in total. The van der Waals surface area contributed by atoms with Gasteiger partial charge < -0.3 is 5.32 Å². The van der Waals surface area contributed by atoms with Gasteiger partial charge in [-0.1, -0.05) is 6.07 Å². The zero-order valence-corrected chi connectivity index (χ0v) is 12.5. The first-order valence-corrected chi connectivity index (χ1v) is 7.20. The second kappa shape index (κ2) is 5.10. The first-order chi connectivity index (χ1) is 8.79. The average molecular weight is 300 g/mol. The molecular weight excluding hydrogens is 285 g/mol. The fourth-order valence-corrected chi connectivity index (χ4v) is 2.61. The largest absolute Gasteiger partial charge is 0.345 e. The van der Waals surface area contributed by atoms with Crippen LogP contribution in [0.2, 0.25) is 0 Å². The van der Waals surface area contributed by atoms with Crippen molar-refractivity contribution in [3.8, 4) is 0 Å². The third kappa shape index (κ3) is 3.07. The number of alkyl halides is 1. The molecule has 19 heavy (non-hydrogen) atoms. The third-order valence-electron chi connectivity index (χ3n) is 3.14. The second-order valence-corrected chi connectivity index (χ2v) is 6.82. The van der Waals surface area contributed by atoms with Gasteiger partial charge in [-0.2, -0.15) is 0 Å². The van der Waals surface area contributed by atoms with E-state index in [0.717, 1.165) is 10.1 Å². The zero-order chi connectivity index (χ0) is 14.2. The van der Waals surface area contributed by atoms with Crippen molar-refractivity contribution in [2.45, 2.75) is 31.7 Å². The van der Waals surface area contributed by atoms with Crippen molar-refractivity contribution in [2.24, 2.45) is 0 Å². The minimum Gasteiger partial charge on any atom is -0.345 e. The van der Waals surface area contributed by atoms with E-state index in [2.05, 4.69) is 5.32 Å². The Hall–Kier alpha value is -1.13. The molecule has 1 aromatic heterocycles. The molecule has 0 bridgehead atoms. The minimum atomic E-state index is -0.500. The average Bonchev–Trinajstić information content (AvgIpc) is 2.71. The number of hydrogen-bond acceptors (Lipinski definition) is 2. The molecule has 2 rings (SSSR count). The summed E-state index contributed by atoms with van der Waals surface area (Å²) in [5.41, 5.74) is -0.500. The minimum absolute atomic E-state index is 0.181. The van der Waals surface area contributed by atoms with Gasteiger partial charge in [-0.25, -0.2) is 4.39 Å². The van der Waals surface area contributed by atoms with Gasteiger partial charge in [-0.15, -0.1) is 22.9 Å². The number of fused-ring (bicyclic) bond motifs is 1. The Bertz CT molecular complexity index is 621. The molecule has 0 aliphatic heterocycles. The number of carbonyl (C=O) groups excluding carboxylic acids is 1. The van der Waals surface area contributed by atoms with E-state index in [1.165, 1.54) is 23.5 Å². The molecule has 1 atom stereocenters. The summed E-state index contributed by atoms with van der Waals surface area (Å²) in [4.78, 5) is 12.7. The molecule has 102 valence electrons. The normalized spacial score (nSPS) is 13.5. The van der Waals surface area contributed by atoms with Crippen molar-refractivity contribution in [1.82, 2.24) is 5.32 Å². The van der Waals surface area contributed by atoms with E-state index in [-0.39, 0.29) is 17.1 Å². The molecule has 1 heterocycles. The molecule has 0 aliphatic rings. The molecule has 1 aromatic carbocycles. The van der Waals surface area contributed by atoms with E-state index < -0.39 is 5.54 Å². The van der Waals surface area contributed by atoms with Crippen LogP contribution in [0.4, 0.5) is 4.39 Å². The highest BCUT2D eigenvalue weighted by Crippen LogP contribution is 2.27. The predicted molar refractivity (Wildman–Crippen MR) is 78.6 cm³/mol. The van der Waals surface area contributed by atoms with E-state index in [1.54, 1.807) is 12.1 Å². The standard InChI is InChI=1S/C14H15ClFNOS/c1-8(15)14(2,3)17-13(18)12-6-9-4-5-10(16)7-11(9)19-12/h4-8H,1-3H3,(H,17,18). The first-order valence-electron chi connectivity index (χ1n) is 5.95. The van der Waals surface area contributed by atoms with Crippen LogP contribution in [0.3, 0.4) is 0 Å². The molecule has 1 unspecified atom stereocenters. The number of carbonyl (C=O) groups is 1. The van der Waals surface area contributed by atoms with Crippen LogP contribution in [0.1, 0.15) is 30.4 Å². The van der Waals surface area contributed by atoms with E-state index in [9.17, 15) is 9.18 Å². The van der Waals surface area contributed by atoms with Gasteiger partial charge in [0.2, 0.25) is 0 Å². The van der Waals surface area contributed by atoms with Crippen LogP contribution >= 0.6 is 22.9 Å². The molecular formula is C14H15ClFNOS. The van der Waals surface area contributed by atoms with Crippen molar-refractivity contribution in [3.05, 3.63) is 35.0 Å². The van der Waals surface area contributed by atoms with Gasteiger partial charge in [0.25, 0.3) is 5.91 Å². The fourth-order valence-electron chi connectivity index (χ4n) is 1.57. The van der Waals surface area contributed by atoms with Crippen LogP contribution in [0, 0.1) is 5.82 Å². The molecule has 0 saturated heterocycles. The van der Waals surface area contributed by atoms with Gasteiger partial charge in [-0.05, 0) is 44.4 Å². The Labute approximate surface area is 120 Å². The number of halogens is 2. The van der Waals surface area contributed by atoms with Gasteiger partial charge in [0.15, 0.2) is 0 Å². The lowest BCUT2D eigenvalue weighted by Crippen LogP contribution is -2.48. The molecule has 0 spiro atoms. The van der Waals surface area contributed by atoms with Crippen LogP contribution in [0.15, 0.2) is 24.3 Å². The van der Waals surface area contributed by atoms with Crippen LogP contribution < -0.4 is 5.32 Å². The monoisotopic (exact) mass is 299 g/mol. The maximum absolute atomic E-state index is 13.1. The Balaban J connectivity index is 2.27. The number of benzene rings is 1. The predicted octanol–water partition coefficient (Wildman–Crippen LogP) is 4.18. The van der Waals surface area contributed by atoms with Crippen LogP contribution in [0.25, 0.3) is 10.1 Å². The van der Waals surface area contributed by atoms with Crippen molar-refractivity contribution >= 4 is 38.9 Å². The number of thiophene rings is 1. The quantitative estimate of drug-likeness (QED) is 0.847. The van der Waals surface area contributed by atoms with E-state index in [1.807, 2.05) is 20.8 Å². The highest BCUT2D eigenvalue weighted by atomic mass is 35.5. The van der Waals surface area contributed by atoms with Gasteiger partial charge in [0, 0.05) is 4.70 Å². The molecule has 1 N–H and O–H groups in total. The summed E-state index contributed by atoms with van der Waals surface area (Å²) in [7, 11) is 0. The van der Waals surface area contributed by atoms with Crippen LogP contribution in [-0.2, 0) is 0 Å². The summed E-state index contributed by atoms with van der Waals surface area (Å²) in [5.74, 6) is -0.477. The van der Waals surface area contributed by atoms with Crippen LogP contribution in [0.5, 0.6) is 0 Å². The van der Waals surface area contributed by atoms with Gasteiger partial charge in [0.1, 0.15) is 5.82 Å². The first kappa shape index (κ1) is 14.3. The summed E-state index contributed by atoms with van der Waals surface area (Å²) in [6, 6.07) is 6.27. The van der Waals surface area contributed by atoms with Crippen molar-refractivity contribution in [3.63, 3.8) is 0 Å². The van der Waals surface area contributed by atoms with Gasteiger partial charge in [0.05, 0.1) is 15.8 Å². The topological polar surface area (TPSA) is 29.1 Å². The molecule has 0 saturated carbocycles. The Morgan fingerprint density at radius 2 is 2.11 bits per heavy atom. The van der Waals surface area contributed by atoms with Gasteiger partial charge in [-0.3, -0.25) is 4.79 Å². The van der Waals surface area contributed by atoms with E-state index in [0.29, 0.717) is 4.88 Å². The molecule has 1 amide bonds. The summed E-state index contributed by atoms with van der Waals surface area (Å²) >= 11 is 7.32. The lowest BCUT2D eigenvalue weighted by Gasteiger charge is -2.28. The zero-order valence-electron chi connectivity index (χ0n) is 11.0. The molecule has 0 fully saturated rings. The Morgan fingerprint density at radius 3 is 2.74 bits per heavy atom. The van der Waals surface area contributed by atoms with Crippen molar-refractivity contribution < 1.29 is 9.18 Å². The highest BCUT2D eigenvalue weighted by molar-refractivity contribution is 7.20. The van der Waals surface area contributed by atoms with E-state index >= 15 is 0 Å². The Kier molecular flexibility index (Phi) is 3.83. The summed E-state index contributed by atoms with van der Waals surface area (Å²) < 4.78 is 13.9. The number of nitrogens with one attached hydrogen (secondary N) is 1. The third-order valence-corrected chi connectivity index (χ3v) is 4.78. The SMILES string of the molecule is CC(Cl)C(C)(C)NC(=O)c1cc2ccc(F)cc2s1. The van der Waals surface area contributed by atoms with Crippen LogP contribution in [-0.4, -0.2) is 16.8 Å². The number of hydrogen-bond donors (Lipinski definition) is 1. The number of rotatable bonds is 3. The Morgan fingerprint density at radius 1 is 1.42 bits per heavy atom. The maximum atomic E-state index is 13.1. The van der Waals surface area contributed by atoms with E-state index in [4.69, 9.17) is 11.6 Å². The smallest absolute Gasteiger partial charge is 0.261 e. The number of amides is 1. The lowest BCUT2D eigenvalue weighted by atomic mass is 10.0. The second-order valence-electron chi connectivity index (χ2n) is 5.08. The summed E-state index contributed by atoms with van der Waals surface area (Å²) in [6.07, 6.45) is 0. The highest BCUT2D eigenvalue weighted by Gasteiger charge is 2.27. The maximum Gasteiger partial charge on any atom is 0.261 e.